The van der Waals surface area contributed by atoms with Crippen LogP contribution >= 0.6 is 0 Å². The number of halogens is 1. The average Bonchev–Trinajstić information content (AvgIpc) is 3.39. The Morgan fingerprint density at radius 1 is 1.22 bits per heavy atom. The van der Waals surface area contributed by atoms with Gasteiger partial charge < -0.3 is 16.1 Å². The molecule has 0 spiro atoms. The number of hydrogen-bond acceptors (Lipinski definition) is 5. The Balaban J connectivity index is 1.73. The molecule has 7 nitrogen and oxygen atoms in total. The molecule has 4 heterocycles. The van der Waals surface area contributed by atoms with Crippen molar-refractivity contribution < 1.29 is 4.39 Å². The average molecular weight is 373 g/mol. The summed E-state index contributed by atoms with van der Waals surface area (Å²) in [5.74, 6) is 5.85. The van der Waals surface area contributed by atoms with E-state index in [1.165, 1.54) is 10.6 Å². The number of aromatic nitrogens is 2. The van der Waals surface area contributed by atoms with Crippen molar-refractivity contribution in [3.05, 3.63) is 44.0 Å². The molecule has 5 rings (SSSR count). The van der Waals surface area contributed by atoms with Crippen LogP contribution in [-0.4, -0.2) is 34.8 Å². The quantitative estimate of drug-likeness (QED) is 0.757. The lowest BCUT2D eigenvalue weighted by atomic mass is 9.94. The highest BCUT2D eigenvalue weighted by molar-refractivity contribution is 5.72. The fourth-order valence-corrected chi connectivity index (χ4v) is 4.99. The molecule has 2 atom stereocenters. The Hall–Kier alpha value is -2.35. The maximum atomic E-state index is 15.1. The molecule has 1 aliphatic carbocycles. The van der Waals surface area contributed by atoms with Crippen molar-refractivity contribution in [1.82, 2.24) is 14.4 Å². The predicted octanol–water partition coefficient (Wildman–Crippen LogP) is 0.688. The predicted molar refractivity (Wildman–Crippen MR) is 101 cm³/mol. The van der Waals surface area contributed by atoms with Crippen molar-refractivity contribution in [3.8, 4) is 0 Å². The van der Waals surface area contributed by atoms with Crippen molar-refractivity contribution in [2.24, 2.45) is 5.92 Å². The molecule has 2 aromatic heterocycles. The lowest BCUT2D eigenvalue weighted by Gasteiger charge is -2.24. The summed E-state index contributed by atoms with van der Waals surface area (Å²) >= 11 is 0. The lowest BCUT2D eigenvalue weighted by molar-refractivity contribution is 0.340. The summed E-state index contributed by atoms with van der Waals surface area (Å²) in [6.45, 7) is 4.36. The van der Waals surface area contributed by atoms with E-state index in [0.717, 1.165) is 45.3 Å². The zero-order valence-electron chi connectivity index (χ0n) is 15.4. The molecule has 2 aliphatic heterocycles. The van der Waals surface area contributed by atoms with E-state index >= 15 is 4.39 Å². The third-order valence-electron chi connectivity index (χ3n) is 6.44. The summed E-state index contributed by atoms with van der Waals surface area (Å²) in [4.78, 5) is 27.2. The van der Waals surface area contributed by atoms with Gasteiger partial charge in [-0.3, -0.25) is 9.20 Å². The Morgan fingerprint density at radius 3 is 2.70 bits per heavy atom. The van der Waals surface area contributed by atoms with Gasteiger partial charge in [-0.05, 0) is 51.0 Å². The van der Waals surface area contributed by atoms with Crippen molar-refractivity contribution in [1.29, 1.82) is 0 Å². The summed E-state index contributed by atoms with van der Waals surface area (Å²) in [5, 5.41) is 3.53. The Labute approximate surface area is 155 Å². The fraction of sp³-hybridized carbons (Fsp3) is 0.579. The SMILES string of the molecule is Cc1c(N2CC3CCCNC3C2)c(F)cn2c(=O)n(N)c(=O)c(C3CC3)c12. The highest BCUT2D eigenvalue weighted by Gasteiger charge is 2.37. The van der Waals surface area contributed by atoms with E-state index in [-0.39, 0.29) is 5.92 Å². The third kappa shape index (κ3) is 2.42. The van der Waals surface area contributed by atoms with E-state index in [1.807, 2.05) is 6.92 Å². The van der Waals surface area contributed by atoms with E-state index in [0.29, 0.717) is 39.0 Å². The summed E-state index contributed by atoms with van der Waals surface area (Å²) < 4.78 is 16.9. The Morgan fingerprint density at radius 2 is 2.00 bits per heavy atom. The van der Waals surface area contributed by atoms with Gasteiger partial charge in [0.15, 0.2) is 5.82 Å². The number of nitrogens with zero attached hydrogens (tertiary/aromatic N) is 3. The number of aryl methyl sites for hydroxylation is 1. The van der Waals surface area contributed by atoms with E-state index < -0.39 is 17.1 Å². The molecule has 8 heteroatoms. The minimum atomic E-state index is -0.704. The van der Waals surface area contributed by atoms with Crippen LogP contribution in [0.4, 0.5) is 10.1 Å². The molecule has 3 aliphatic rings. The van der Waals surface area contributed by atoms with Crippen molar-refractivity contribution >= 4 is 11.2 Å². The van der Waals surface area contributed by atoms with Crippen LogP contribution in [0.3, 0.4) is 0 Å². The van der Waals surface area contributed by atoms with Gasteiger partial charge in [0.2, 0.25) is 0 Å². The zero-order chi connectivity index (χ0) is 18.9. The van der Waals surface area contributed by atoms with Crippen LogP contribution in [0.25, 0.3) is 5.52 Å². The number of nitrogens with one attached hydrogen (secondary N) is 1. The van der Waals surface area contributed by atoms with Gasteiger partial charge in [-0.2, -0.15) is 4.68 Å². The molecule has 2 unspecified atom stereocenters. The normalized spacial score (nSPS) is 25.2. The van der Waals surface area contributed by atoms with Crippen LogP contribution in [0, 0.1) is 18.7 Å². The second-order valence-corrected chi connectivity index (χ2v) is 8.18. The summed E-state index contributed by atoms with van der Waals surface area (Å²) in [6.07, 6.45) is 5.28. The number of nitrogens with two attached hydrogens (primary N) is 1. The van der Waals surface area contributed by atoms with Crippen molar-refractivity contribution in [2.45, 2.75) is 44.6 Å². The highest BCUT2D eigenvalue weighted by atomic mass is 19.1. The van der Waals surface area contributed by atoms with Crippen LogP contribution < -0.4 is 27.3 Å². The van der Waals surface area contributed by atoms with Gasteiger partial charge in [-0.1, -0.05) is 0 Å². The van der Waals surface area contributed by atoms with Crippen LogP contribution in [0.15, 0.2) is 15.8 Å². The van der Waals surface area contributed by atoms with Crippen LogP contribution in [0.2, 0.25) is 0 Å². The first kappa shape index (κ1) is 16.8. The number of pyridine rings is 1. The molecule has 27 heavy (non-hydrogen) atoms. The summed E-state index contributed by atoms with van der Waals surface area (Å²) in [7, 11) is 0. The number of rotatable bonds is 2. The van der Waals surface area contributed by atoms with Gasteiger partial charge in [0.05, 0.1) is 17.4 Å². The third-order valence-corrected chi connectivity index (χ3v) is 6.44. The summed E-state index contributed by atoms with van der Waals surface area (Å²) in [6, 6.07) is 0.371. The highest BCUT2D eigenvalue weighted by Crippen LogP contribution is 2.42. The maximum Gasteiger partial charge on any atom is 0.354 e. The van der Waals surface area contributed by atoms with Crippen LogP contribution in [0.5, 0.6) is 0 Å². The molecule has 0 radical (unpaired) electrons. The first-order valence-electron chi connectivity index (χ1n) is 9.71. The molecule has 1 saturated carbocycles. The molecule has 3 N–H and O–H groups in total. The van der Waals surface area contributed by atoms with Gasteiger partial charge in [-0.25, -0.2) is 9.18 Å². The standard InChI is InChI=1S/C19H24FN5O2/c1-10-16(23-7-12-3-2-6-22-14(12)9-23)13(20)8-24-17(10)15(11-4-5-11)18(26)25(21)19(24)27/h8,11-12,14,22H,2-7,9,21H2,1H3. The number of fused-ring (bicyclic) bond motifs is 2. The minimum Gasteiger partial charge on any atom is -0.367 e. The van der Waals surface area contributed by atoms with Gasteiger partial charge in [0.25, 0.3) is 5.56 Å². The van der Waals surface area contributed by atoms with Gasteiger partial charge in [-0.15, -0.1) is 0 Å². The van der Waals surface area contributed by atoms with Crippen LogP contribution in [-0.2, 0) is 0 Å². The van der Waals surface area contributed by atoms with E-state index in [4.69, 9.17) is 5.84 Å². The topological polar surface area (TPSA) is 84.8 Å². The molecule has 0 bridgehead atoms. The molecule has 2 saturated heterocycles. The molecular formula is C19H24FN5O2. The van der Waals surface area contributed by atoms with Gasteiger partial charge >= 0.3 is 5.69 Å². The largest absolute Gasteiger partial charge is 0.367 e. The van der Waals surface area contributed by atoms with Crippen molar-refractivity contribution in [3.63, 3.8) is 0 Å². The molecule has 3 fully saturated rings. The maximum absolute atomic E-state index is 15.1. The Kier molecular flexibility index (Phi) is 3.62. The minimum absolute atomic E-state index is 0.0998. The lowest BCUT2D eigenvalue weighted by Crippen LogP contribution is -2.44. The molecule has 144 valence electrons. The number of anilines is 1. The molecule has 0 amide bonds. The van der Waals surface area contributed by atoms with E-state index in [9.17, 15) is 9.59 Å². The van der Waals surface area contributed by atoms with Gasteiger partial charge in [0.1, 0.15) is 0 Å². The van der Waals surface area contributed by atoms with Crippen molar-refractivity contribution in [2.75, 3.05) is 30.4 Å². The van der Waals surface area contributed by atoms with E-state index in [2.05, 4.69) is 10.2 Å². The number of nitrogen functional groups attached to an aromatic ring is 1. The first-order chi connectivity index (χ1) is 13.0. The first-order valence-corrected chi connectivity index (χ1v) is 9.71. The molecule has 0 aromatic carbocycles. The molecular weight excluding hydrogens is 349 g/mol. The summed E-state index contributed by atoms with van der Waals surface area (Å²) in [5.41, 5.74) is 1.09. The fourth-order valence-electron chi connectivity index (χ4n) is 4.99. The van der Waals surface area contributed by atoms with Crippen LogP contribution in [0.1, 0.15) is 42.7 Å². The van der Waals surface area contributed by atoms with Gasteiger partial charge in [0, 0.05) is 30.3 Å². The van der Waals surface area contributed by atoms with E-state index in [1.54, 1.807) is 0 Å². The Bertz CT molecular complexity index is 1040. The monoisotopic (exact) mass is 373 g/mol. The number of piperidine rings is 1. The second-order valence-electron chi connectivity index (χ2n) is 8.18. The zero-order valence-corrected chi connectivity index (χ0v) is 15.4. The molecule has 2 aromatic rings. The second kappa shape index (κ2) is 5.82. The number of hydrogen-bond donors (Lipinski definition) is 2. The smallest absolute Gasteiger partial charge is 0.354 e.